The van der Waals surface area contributed by atoms with Gasteiger partial charge in [-0.1, -0.05) is 183 Å². The lowest BCUT2D eigenvalue weighted by Crippen LogP contribution is -2.36. The summed E-state index contributed by atoms with van der Waals surface area (Å²) in [5, 5.41) is 0. The van der Waals surface area contributed by atoms with Crippen LogP contribution in [0.15, 0.2) is 236 Å². The van der Waals surface area contributed by atoms with Crippen LogP contribution in [-0.2, 0) is 5.41 Å². The molecular weight excluding hydrogens is 787 g/mol. The number of aliphatic imine (C=N–C) groups is 1. The Hall–Kier alpha value is -7.88. The number of fused-ring (bicyclic) bond motifs is 10. The molecule has 13 rings (SSSR count). The minimum absolute atomic E-state index is 0.0429. The van der Waals surface area contributed by atoms with E-state index in [0.29, 0.717) is 5.92 Å². The van der Waals surface area contributed by atoms with Crippen LogP contribution >= 0.6 is 0 Å². The highest BCUT2D eigenvalue weighted by atomic mass is 15.2. The van der Waals surface area contributed by atoms with Gasteiger partial charge in [-0.25, -0.2) is 0 Å². The molecule has 1 spiro atoms. The average Bonchev–Trinajstić information content (AvgIpc) is 4.01. The van der Waals surface area contributed by atoms with Gasteiger partial charge in [0.1, 0.15) is 0 Å². The smallest absolute Gasteiger partial charge is 0.0793 e. The molecule has 0 saturated heterocycles. The van der Waals surface area contributed by atoms with E-state index in [1.165, 1.54) is 78.1 Å². The second kappa shape index (κ2) is 14.6. The Kier molecular flexibility index (Phi) is 8.45. The summed E-state index contributed by atoms with van der Waals surface area (Å²) in [5.41, 5.74) is 21.2. The van der Waals surface area contributed by atoms with E-state index in [4.69, 9.17) is 9.98 Å². The van der Waals surface area contributed by atoms with Crippen LogP contribution in [0.3, 0.4) is 0 Å². The number of hydrogen-bond acceptors (Lipinski definition) is 3. The van der Waals surface area contributed by atoms with Crippen LogP contribution in [0.5, 0.6) is 0 Å². The molecular formula is C62H45N3. The van der Waals surface area contributed by atoms with Crippen molar-refractivity contribution < 1.29 is 0 Å². The highest BCUT2D eigenvalue weighted by Crippen LogP contribution is 2.67. The van der Waals surface area contributed by atoms with Gasteiger partial charge >= 0.3 is 0 Å². The lowest BCUT2D eigenvalue weighted by atomic mass is 9.64. The monoisotopic (exact) mass is 831 g/mol. The molecule has 3 atom stereocenters. The third-order valence-corrected chi connectivity index (χ3v) is 14.8. The number of pyridine rings is 1. The van der Waals surface area contributed by atoms with Crippen LogP contribution < -0.4 is 4.90 Å². The topological polar surface area (TPSA) is 28.5 Å². The molecule has 4 aliphatic rings. The van der Waals surface area contributed by atoms with Crippen molar-refractivity contribution in [2.24, 2.45) is 16.3 Å². The molecule has 8 aromatic carbocycles. The molecule has 3 heteroatoms. The maximum atomic E-state index is 5.50. The average molecular weight is 832 g/mol. The van der Waals surface area contributed by atoms with Gasteiger partial charge in [0.2, 0.25) is 0 Å². The second-order valence-corrected chi connectivity index (χ2v) is 18.3. The molecule has 9 aromatic rings. The Bertz CT molecular complexity index is 3320. The zero-order valence-electron chi connectivity index (χ0n) is 36.1. The lowest BCUT2D eigenvalue weighted by molar-refractivity contribution is 0.548. The highest BCUT2D eigenvalue weighted by molar-refractivity contribution is 6.13. The van der Waals surface area contributed by atoms with Gasteiger partial charge in [0.25, 0.3) is 0 Å². The summed E-state index contributed by atoms with van der Waals surface area (Å²) in [4.78, 5) is 13.0. The van der Waals surface area contributed by atoms with Crippen LogP contribution in [0.4, 0.5) is 17.1 Å². The van der Waals surface area contributed by atoms with Crippen molar-refractivity contribution in [1.82, 2.24) is 4.98 Å². The van der Waals surface area contributed by atoms with Crippen molar-refractivity contribution in [2.75, 3.05) is 4.90 Å². The van der Waals surface area contributed by atoms with Gasteiger partial charge in [0.05, 0.1) is 34.2 Å². The van der Waals surface area contributed by atoms with Gasteiger partial charge in [-0.2, -0.15) is 0 Å². The molecule has 3 unspecified atom stereocenters. The lowest BCUT2D eigenvalue weighted by Gasteiger charge is -2.45. The van der Waals surface area contributed by atoms with Crippen molar-refractivity contribution in [3.05, 3.63) is 270 Å². The zero-order chi connectivity index (χ0) is 43.1. The summed E-state index contributed by atoms with van der Waals surface area (Å²) in [6.07, 6.45) is 5.44. The molecule has 0 radical (unpaired) electrons. The largest absolute Gasteiger partial charge is 0.310 e. The Balaban J connectivity index is 0.892. The maximum Gasteiger partial charge on any atom is 0.0793 e. The number of allylic oxidation sites excluding steroid dienone is 2. The van der Waals surface area contributed by atoms with Gasteiger partial charge in [-0.15, -0.1) is 0 Å². The number of hydrogen-bond donors (Lipinski definition) is 0. The van der Waals surface area contributed by atoms with Crippen LogP contribution in [0, 0.1) is 11.3 Å². The van der Waals surface area contributed by atoms with Crippen molar-refractivity contribution in [1.29, 1.82) is 0 Å². The van der Waals surface area contributed by atoms with Crippen LogP contribution in [-0.4, -0.2) is 10.7 Å². The maximum absolute atomic E-state index is 5.50. The molecule has 308 valence electrons. The van der Waals surface area contributed by atoms with E-state index in [-0.39, 0.29) is 11.5 Å². The quantitative estimate of drug-likeness (QED) is 0.167. The number of rotatable bonds is 6. The standard InChI is InChI=1S/C62H45N3/c1-61-40-55(61)59(44-19-7-3-8-20-44)64-56(43-17-5-2-6-18-43)39-53(61)42-32-30-41(31-33-42)45-21-15-22-46(37-45)47-34-35-49-54(38-47)62(52-27-16-36-63-60(49)52)50-25-11-13-28-57(50)65(48-23-9-4-10-24-48)58-29-14-12-26-51(58)62/h2-39,55,59H,40H2,1H3. The third kappa shape index (κ3) is 5.75. The normalized spacial score (nSPS) is 19.4. The molecule has 2 aliphatic carbocycles. The van der Waals surface area contributed by atoms with Crippen molar-refractivity contribution in [2.45, 2.75) is 24.8 Å². The van der Waals surface area contributed by atoms with E-state index >= 15 is 0 Å². The Morgan fingerprint density at radius 2 is 1.05 bits per heavy atom. The highest BCUT2D eigenvalue weighted by Gasteiger charge is 2.58. The van der Waals surface area contributed by atoms with E-state index in [1.807, 2.05) is 6.20 Å². The predicted molar refractivity (Wildman–Crippen MR) is 267 cm³/mol. The molecule has 3 nitrogen and oxygen atoms in total. The van der Waals surface area contributed by atoms with Crippen molar-refractivity contribution in [3.8, 4) is 33.5 Å². The van der Waals surface area contributed by atoms with E-state index < -0.39 is 5.41 Å². The first-order chi connectivity index (χ1) is 32.1. The molecule has 65 heavy (non-hydrogen) atoms. The van der Waals surface area contributed by atoms with Crippen LogP contribution in [0.1, 0.15) is 58.3 Å². The third-order valence-electron chi connectivity index (χ3n) is 14.8. The fraction of sp³-hybridized carbons (Fsp3) is 0.0968. The van der Waals surface area contributed by atoms with E-state index in [9.17, 15) is 0 Å². The first kappa shape index (κ1) is 37.7. The van der Waals surface area contributed by atoms with Gasteiger partial charge in [-0.3, -0.25) is 9.98 Å². The molecule has 1 aromatic heterocycles. The van der Waals surface area contributed by atoms with E-state index in [2.05, 4.69) is 236 Å². The fourth-order valence-electron chi connectivity index (χ4n) is 11.6. The zero-order valence-corrected chi connectivity index (χ0v) is 36.1. The summed E-state index contributed by atoms with van der Waals surface area (Å²) in [6, 6.07) is 80.1. The van der Waals surface area contributed by atoms with Crippen molar-refractivity contribution in [3.63, 3.8) is 0 Å². The molecule has 0 bridgehead atoms. The van der Waals surface area contributed by atoms with Gasteiger partial charge < -0.3 is 4.90 Å². The second-order valence-electron chi connectivity index (χ2n) is 18.3. The molecule has 3 heterocycles. The molecule has 1 saturated carbocycles. The number of anilines is 3. The minimum Gasteiger partial charge on any atom is -0.310 e. The molecule has 1 fully saturated rings. The minimum atomic E-state index is -0.559. The molecule has 0 amide bonds. The molecule has 2 aliphatic heterocycles. The summed E-state index contributed by atoms with van der Waals surface area (Å²) in [5.74, 6) is 0.446. The number of aromatic nitrogens is 1. The van der Waals surface area contributed by atoms with Gasteiger partial charge in [-0.05, 0) is 133 Å². The Morgan fingerprint density at radius 3 is 1.77 bits per heavy atom. The summed E-state index contributed by atoms with van der Waals surface area (Å²) < 4.78 is 0. The molecule has 0 N–H and O–H groups in total. The summed E-state index contributed by atoms with van der Waals surface area (Å²) >= 11 is 0. The van der Waals surface area contributed by atoms with Crippen LogP contribution in [0.2, 0.25) is 0 Å². The van der Waals surface area contributed by atoms with E-state index in [1.54, 1.807) is 0 Å². The number of benzene rings is 8. The number of nitrogens with zero attached hydrogens (tertiary/aromatic N) is 3. The number of para-hydroxylation sites is 3. The first-order valence-corrected chi connectivity index (χ1v) is 22.9. The fourth-order valence-corrected chi connectivity index (χ4v) is 11.6. The summed E-state index contributed by atoms with van der Waals surface area (Å²) in [6.45, 7) is 2.44. The van der Waals surface area contributed by atoms with Gasteiger partial charge in [0.15, 0.2) is 0 Å². The SMILES string of the molecule is CC12CC1C(c1ccccc1)N=C(c1ccccc1)C=C2c1ccc(-c2cccc(-c3ccc4c(c3)C3(c5ccccc5N(c5ccccc5)c5ccccc53)c3cccnc3-4)c2)cc1. The first-order valence-electron chi connectivity index (χ1n) is 22.9. The van der Waals surface area contributed by atoms with Crippen LogP contribution in [0.25, 0.3) is 39.1 Å². The predicted octanol–water partition coefficient (Wildman–Crippen LogP) is 15.2. The summed E-state index contributed by atoms with van der Waals surface area (Å²) in [7, 11) is 0. The van der Waals surface area contributed by atoms with E-state index in [0.717, 1.165) is 29.1 Å². The van der Waals surface area contributed by atoms with Gasteiger partial charge in [0, 0.05) is 17.4 Å². The van der Waals surface area contributed by atoms with Crippen molar-refractivity contribution >= 4 is 28.3 Å². The Morgan fingerprint density at radius 1 is 0.477 bits per heavy atom. The Labute approximate surface area is 380 Å².